The smallest absolute Gasteiger partial charge is 0.220 e. The minimum Gasteiger partial charge on any atom is -0.356 e. The fourth-order valence-electron chi connectivity index (χ4n) is 1.67. The lowest BCUT2D eigenvalue weighted by Gasteiger charge is -2.08. The number of carbonyl (C=O) groups excluding carboxylic acids is 1. The summed E-state index contributed by atoms with van der Waals surface area (Å²) in [6, 6.07) is 0.588. The Morgan fingerprint density at radius 2 is 1.59 bits per heavy atom. The number of unbranched alkanes of at least 4 members (excludes halogenated alkanes) is 3. The van der Waals surface area contributed by atoms with Crippen LogP contribution in [0.1, 0.15) is 62.7 Å². The number of hydrogen-bond acceptors (Lipinski definition) is 2. The molecule has 0 aliphatic rings. The molecule has 0 aliphatic heterocycles. The van der Waals surface area contributed by atoms with E-state index in [1.54, 1.807) is 0 Å². The molecule has 3 heteroatoms. The van der Waals surface area contributed by atoms with Gasteiger partial charge in [-0.1, -0.05) is 40.5 Å². The van der Waals surface area contributed by atoms with Crippen LogP contribution in [0, 0.1) is 5.92 Å². The lowest BCUT2D eigenvalue weighted by Crippen LogP contribution is -2.25. The van der Waals surface area contributed by atoms with Crippen LogP contribution in [0.5, 0.6) is 0 Å². The van der Waals surface area contributed by atoms with Gasteiger partial charge in [0.2, 0.25) is 5.91 Å². The van der Waals surface area contributed by atoms with E-state index in [2.05, 4.69) is 38.3 Å². The molecule has 0 radical (unpaired) electrons. The third-order valence-corrected chi connectivity index (χ3v) is 2.57. The molecule has 0 atom stereocenters. The van der Waals surface area contributed by atoms with Gasteiger partial charge in [-0.15, -0.1) is 0 Å². The van der Waals surface area contributed by atoms with Crippen molar-refractivity contribution < 1.29 is 7.65 Å². The van der Waals surface area contributed by atoms with Crippen molar-refractivity contribution in [2.45, 2.75) is 65.8 Å². The second-order valence-corrected chi connectivity index (χ2v) is 5.47. The Hall–Kier alpha value is -0.570. The van der Waals surface area contributed by atoms with E-state index in [1.165, 1.54) is 19.3 Å². The van der Waals surface area contributed by atoms with Gasteiger partial charge in [-0.25, -0.2) is 0 Å². The van der Waals surface area contributed by atoms with Crippen molar-refractivity contribution in [2.75, 3.05) is 13.1 Å². The lowest BCUT2D eigenvalue weighted by atomic mass is 10.1. The van der Waals surface area contributed by atoms with E-state index in [0.717, 1.165) is 19.5 Å². The molecule has 2 N–H and O–H groups in total. The largest absolute Gasteiger partial charge is 0.356 e. The van der Waals surface area contributed by atoms with Crippen molar-refractivity contribution in [1.82, 2.24) is 10.6 Å². The first-order valence-corrected chi connectivity index (χ1v) is 7.02. The molecule has 0 saturated heterocycles. The number of carbonyl (C=O) groups is 1. The average molecular weight is 246 g/mol. The predicted octanol–water partition coefficient (Wildman–Crippen LogP) is 3.20. The second-order valence-electron chi connectivity index (χ2n) is 5.47. The first-order valence-electron chi connectivity index (χ1n) is 7.02. The molecule has 0 bridgehead atoms. The molecule has 0 aromatic rings. The summed E-state index contributed by atoms with van der Waals surface area (Å²) < 4.78 is 0. The third kappa shape index (κ3) is 13.4. The Morgan fingerprint density at radius 3 is 2.12 bits per heavy atom. The summed E-state index contributed by atoms with van der Waals surface area (Å²) >= 11 is 0. The zero-order chi connectivity index (χ0) is 13.1. The Morgan fingerprint density at radius 1 is 1.00 bits per heavy atom. The summed E-state index contributed by atoms with van der Waals surface area (Å²) in [6.07, 6.45) is 5.45. The Balaban J connectivity index is -0.00000128. The molecule has 0 saturated carbocycles. The van der Waals surface area contributed by atoms with Crippen LogP contribution in [0.15, 0.2) is 0 Å². The van der Waals surface area contributed by atoms with Gasteiger partial charge < -0.3 is 10.6 Å². The van der Waals surface area contributed by atoms with Gasteiger partial charge in [-0.3, -0.25) is 4.79 Å². The topological polar surface area (TPSA) is 41.1 Å². The van der Waals surface area contributed by atoms with E-state index in [1.807, 2.05) is 0 Å². The number of nitrogens with one attached hydrogen (secondary N) is 2. The Labute approximate surface area is 110 Å². The van der Waals surface area contributed by atoms with Gasteiger partial charge in [0.1, 0.15) is 0 Å². The third-order valence-electron chi connectivity index (χ3n) is 2.57. The zero-order valence-electron chi connectivity index (χ0n) is 12.0. The molecule has 0 fully saturated rings. The monoisotopic (exact) mass is 246 g/mol. The first kappa shape index (κ1) is 16.4. The average Bonchev–Trinajstić information content (AvgIpc) is 2.20. The molecule has 0 heterocycles. The molecule has 106 valence electrons. The standard InChI is InChI=1S/C14H30N2O.2H2/c1-12(2)11-14(17)16-10-8-6-5-7-9-15-13(3)4;;/h12-13,15H,5-11H2,1-4H3,(H,16,17);2*1H. The van der Waals surface area contributed by atoms with Crippen molar-refractivity contribution >= 4 is 5.91 Å². The van der Waals surface area contributed by atoms with Crippen LogP contribution >= 0.6 is 0 Å². The predicted molar refractivity (Wildman–Crippen MR) is 78.3 cm³/mol. The van der Waals surface area contributed by atoms with Crippen LogP contribution < -0.4 is 10.6 Å². The summed E-state index contributed by atoms with van der Waals surface area (Å²) in [5, 5.41) is 6.38. The SMILES string of the molecule is CC(C)CC(=O)NCCCCCCNC(C)C.[HH].[HH]. The minimum atomic E-state index is 0. The Bertz CT molecular complexity index is 200. The van der Waals surface area contributed by atoms with Crippen LogP contribution in [0.2, 0.25) is 0 Å². The summed E-state index contributed by atoms with van der Waals surface area (Å²) in [5.74, 6) is 0.651. The first-order chi connectivity index (χ1) is 8.02. The van der Waals surface area contributed by atoms with Crippen LogP contribution in [0.4, 0.5) is 0 Å². The molecule has 3 nitrogen and oxygen atoms in total. The molecule has 0 rings (SSSR count). The van der Waals surface area contributed by atoms with Crippen LogP contribution in [0.3, 0.4) is 0 Å². The van der Waals surface area contributed by atoms with Crippen LogP contribution in [-0.2, 0) is 4.79 Å². The highest BCUT2D eigenvalue weighted by Crippen LogP contribution is 2.00. The van der Waals surface area contributed by atoms with Crippen molar-refractivity contribution in [2.24, 2.45) is 5.92 Å². The molecular formula is C14H34N2O. The summed E-state index contributed by atoms with van der Waals surface area (Å²) in [5.41, 5.74) is 0. The molecule has 0 spiro atoms. The maximum absolute atomic E-state index is 11.3. The minimum absolute atomic E-state index is 0. The van der Waals surface area contributed by atoms with E-state index in [9.17, 15) is 4.79 Å². The second kappa shape index (κ2) is 10.6. The highest BCUT2D eigenvalue weighted by molar-refractivity contribution is 5.75. The van der Waals surface area contributed by atoms with Gasteiger partial charge >= 0.3 is 0 Å². The van der Waals surface area contributed by atoms with E-state index < -0.39 is 0 Å². The van der Waals surface area contributed by atoms with Crippen molar-refractivity contribution in [3.63, 3.8) is 0 Å². The highest BCUT2D eigenvalue weighted by atomic mass is 16.1. The number of hydrogen-bond donors (Lipinski definition) is 2. The molecule has 17 heavy (non-hydrogen) atoms. The normalized spacial score (nSPS) is 11.2. The molecule has 0 aliphatic carbocycles. The molecule has 1 amide bonds. The summed E-state index contributed by atoms with van der Waals surface area (Å²) in [4.78, 5) is 11.3. The van der Waals surface area contributed by atoms with Gasteiger partial charge in [0.25, 0.3) is 0 Å². The van der Waals surface area contributed by atoms with Gasteiger partial charge in [0, 0.05) is 21.9 Å². The van der Waals surface area contributed by atoms with Gasteiger partial charge in [-0.05, 0) is 25.3 Å². The van der Waals surface area contributed by atoms with E-state index in [4.69, 9.17) is 0 Å². The van der Waals surface area contributed by atoms with E-state index in [0.29, 0.717) is 18.4 Å². The fourth-order valence-corrected chi connectivity index (χ4v) is 1.67. The van der Waals surface area contributed by atoms with Crippen LogP contribution in [0.25, 0.3) is 0 Å². The van der Waals surface area contributed by atoms with E-state index in [-0.39, 0.29) is 8.76 Å². The number of rotatable bonds is 10. The van der Waals surface area contributed by atoms with E-state index >= 15 is 0 Å². The fraction of sp³-hybridized carbons (Fsp3) is 0.929. The Kier molecular flexibility index (Phi) is 10.2. The van der Waals surface area contributed by atoms with Gasteiger partial charge in [-0.2, -0.15) is 0 Å². The lowest BCUT2D eigenvalue weighted by molar-refractivity contribution is -0.121. The van der Waals surface area contributed by atoms with Crippen molar-refractivity contribution in [1.29, 1.82) is 0 Å². The maximum Gasteiger partial charge on any atom is 0.220 e. The zero-order valence-corrected chi connectivity index (χ0v) is 12.0. The molecule has 0 unspecified atom stereocenters. The highest BCUT2D eigenvalue weighted by Gasteiger charge is 2.02. The quantitative estimate of drug-likeness (QED) is 0.581. The molecule has 0 aromatic carbocycles. The van der Waals surface area contributed by atoms with Crippen molar-refractivity contribution in [3.05, 3.63) is 0 Å². The van der Waals surface area contributed by atoms with Crippen molar-refractivity contribution in [3.8, 4) is 0 Å². The number of amides is 1. The van der Waals surface area contributed by atoms with Crippen LogP contribution in [-0.4, -0.2) is 25.0 Å². The molecular weight excluding hydrogens is 212 g/mol. The van der Waals surface area contributed by atoms with Gasteiger partial charge in [0.05, 0.1) is 0 Å². The maximum atomic E-state index is 11.3. The summed E-state index contributed by atoms with van der Waals surface area (Å²) in [7, 11) is 0. The molecule has 0 aromatic heterocycles. The summed E-state index contributed by atoms with van der Waals surface area (Å²) in [6.45, 7) is 10.4. The van der Waals surface area contributed by atoms with Gasteiger partial charge in [0.15, 0.2) is 0 Å².